The van der Waals surface area contributed by atoms with E-state index in [0.717, 1.165) is 12.8 Å². The van der Waals surface area contributed by atoms with Gasteiger partial charge in [-0.25, -0.2) is 13.2 Å². The molecule has 0 N–H and O–H groups in total. The van der Waals surface area contributed by atoms with Crippen molar-refractivity contribution in [2.24, 2.45) is 0 Å². The number of rotatable bonds is 7. The molecule has 3 rings (SSSR count). The van der Waals surface area contributed by atoms with Crippen molar-refractivity contribution < 1.29 is 27.5 Å². The summed E-state index contributed by atoms with van der Waals surface area (Å²) >= 11 is 0. The van der Waals surface area contributed by atoms with Crippen molar-refractivity contribution in [2.45, 2.75) is 17.7 Å². The van der Waals surface area contributed by atoms with Crippen LogP contribution in [-0.2, 0) is 14.8 Å². The fourth-order valence-corrected chi connectivity index (χ4v) is 4.52. The van der Waals surface area contributed by atoms with E-state index >= 15 is 0 Å². The molecule has 28 heavy (non-hydrogen) atoms. The Morgan fingerprint density at radius 2 is 1.64 bits per heavy atom. The molecule has 1 aliphatic heterocycles. The fourth-order valence-electron chi connectivity index (χ4n) is 3.01. The number of Topliss-reactive ketones (excluding diaryl/α,β-unsaturated/α-hetero) is 1. The smallest absolute Gasteiger partial charge is 0.338 e. The Hall–Kier alpha value is -2.71. The molecule has 148 valence electrons. The van der Waals surface area contributed by atoms with E-state index in [9.17, 15) is 18.0 Å². The average molecular weight is 403 g/mol. The largest absolute Gasteiger partial charge is 0.496 e. The van der Waals surface area contributed by atoms with Crippen LogP contribution in [0.2, 0.25) is 0 Å². The zero-order valence-electron chi connectivity index (χ0n) is 15.5. The molecule has 0 radical (unpaired) electrons. The van der Waals surface area contributed by atoms with Crippen LogP contribution in [0.1, 0.15) is 33.6 Å². The summed E-state index contributed by atoms with van der Waals surface area (Å²) in [6.07, 6.45) is 1.70. The zero-order valence-corrected chi connectivity index (χ0v) is 16.3. The second-order valence-corrected chi connectivity index (χ2v) is 8.27. The number of ether oxygens (including phenoxy) is 2. The lowest BCUT2D eigenvalue weighted by atomic mass is 10.1. The SMILES string of the molecule is COc1ccccc1C(=O)COC(=O)c1ccc(S(=O)(=O)N2CCCC2)cc1. The molecule has 1 heterocycles. The van der Waals surface area contributed by atoms with Crippen LogP contribution in [0.15, 0.2) is 53.4 Å². The average Bonchev–Trinajstić information content (AvgIpc) is 3.27. The van der Waals surface area contributed by atoms with E-state index in [1.165, 1.54) is 35.7 Å². The Balaban J connectivity index is 1.64. The third-order valence-corrected chi connectivity index (χ3v) is 6.45. The number of methoxy groups -OCH3 is 1. The molecule has 0 amide bonds. The molecular weight excluding hydrogens is 382 g/mol. The number of hydrogen-bond acceptors (Lipinski definition) is 6. The zero-order chi connectivity index (χ0) is 20.1. The Labute approximate surface area is 163 Å². The Bertz CT molecular complexity index is 962. The summed E-state index contributed by atoms with van der Waals surface area (Å²) in [5, 5.41) is 0. The highest BCUT2D eigenvalue weighted by molar-refractivity contribution is 7.89. The van der Waals surface area contributed by atoms with Gasteiger partial charge in [-0.2, -0.15) is 4.31 Å². The number of ketones is 1. The molecule has 1 aliphatic rings. The minimum atomic E-state index is -3.54. The summed E-state index contributed by atoms with van der Waals surface area (Å²) in [5.41, 5.74) is 0.498. The molecule has 0 atom stereocenters. The van der Waals surface area contributed by atoms with Gasteiger partial charge in [0, 0.05) is 13.1 Å². The van der Waals surface area contributed by atoms with Crippen molar-refractivity contribution in [3.8, 4) is 5.75 Å². The summed E-state index contributed by atoms with van der Waals surface area (Å²) < 4.78 is 36.6. The highest BCUT2D eigenvalue weighted by atomic mass is 32.2. The number of hydrogen-bond donors (Lipinski definition) is 0. The predicted molar refractivity (Wildman–Crippen MR) is 102 cm³/mol. The standard InChI is InChI=1S/C20H21NO6S/c1-26-19-7-3-2-6-17(19)18(22)14-27-20(23)15-8-10-16(11-9-15)28(24,25)21-12-4-5-13-21/h2-3,6-11H,4-5,12-14H2,1H3. The van der Waals surface area contributed by atoms with Crippen molar-refractivity contribution in [1.29, 1.82) is 0 Å². The van der Waals surface area contributed by atoms with E-state index in [4.69, 9.17) is 9.47 Å². The van der Waals surface area contributed by atoms with Crippen LogP contribution < -0.4 is 4.74 Å². The van der Waals surface area contributed by atoms with Crippen LogP contribution in [0.5, 0.6) is 5.75 Å². The first kappa shape index (κ1) is 20.0. The summed E-state index contributed by atoms with van der Waals surface area (Å²) in [6.45, 7) is 0.585. The number of benzene rings is 2. The lowest BCUT2D eigenvalue weighted by Gasteiger charge is -2.15. The molecule has 7 nitrogen and oxygen atoms in total. The van der Waals surface area contributed by atoms with E-state index in [2.05, 4.69) is 0 Å². The van der Waals surface area contributed by atoms with Crippen LogP contribution in [0.3, 0.4) is 0 Å². The van der Waals surface area contributed by atoms with E-state index in [1.54, 1.807) is 24.3 Å². The lowest BCUT2D eigenvalue weighted by Crippen LogP contribution is -2.27. The summed E-state index contributed by atoms with van der Waals surface area (Å²) in [5.74, 6) is -0.688. The number of carbonyl (C=O) groups is 2. The van der Waals surface area contributed by atoms with Gasteiger partial charge in [0.05, 0.1) is 23.1 Å². The molecule has 1 saturated heterocycles. The van der Waals surface area contributed by atoms with Gasteiger partial charge in [-0.1, -0.05) is 12.1 Å². The van der Waals surface area contributed by atoms with Gasteiger partial charge < -0.3 is 9.47 Å². The number of carbonyl (C=O) groups excluding carboxylic acids is 2. The molecule has 0 spiro atoms. The van der Waals surface area contributed by atoms with Crippen molar-refractivity contribution >= 4 is 21.8 Å². The number of esters is 1. The predicted octanol–water partition coefficient (Wildman–Crippen LogP) is 2.52. The van der Waals surface area contributed by atoms with Gasteiger partial charge >= 0.3 is 5.97 Å². The first-order valence-electron chi connectivity index (χ1n) is 8.87. The summed E-state index contributed by atoms with van der Waals surface area (Å²) in [7, 11) is -2.08. The summed E-state index contributed by atoms with van der Waals surface area (Å²) in [6, 6.07) is 12.2. The van der Waals surface area contributed by atoms with Crippen molar-refractivity contribution in [1.82, 2.24) is 4.31 Å². The van der Waals surface area contributed by atoms with Crippen molar-refractivity contribution in [3.05, 3.63) is 59.7 Å². The first-order chi connectivity index (χ1) is 13.4. The third kappa shape index (κ3) is 4.23. The second kappa shape index (κ2) is 8.53. The minimum Gasteiger partial charge on any atom is -0.496 e. The molecule has 2 aromatic carbocycles. The Morgan fingerprint density at radius 1 is 1.00 bits per heavy atom. The van der Waals surface area contributed by atoms with Crippen LogP contribution >= 0.6 is 0 Å². The maximum absolute atomic E-state index is 12.5. The van der Waals surface area contributed by atoms with Gasteiger partial charge in [0.25, 0.3) is 0 Å². The summed E-state index contributed by atoms with van der Waals surface area (Å²) in [4.78, 5) is 24.6. The Morgan fingerprint density at radius 3 is 2.29 bits per heavy atom. The minimum absolute atomic E-state index is 0.135. The van der Waals surface area contributed by atoms with E-state index < -0.39 is 22.6 Å². The van der Waals surface area contributed by atoms with Gasteiger partial charge in [-0.15, -0.1) is 0 Å². The fraction of sp³-hybridized carbons (Fsp3) is 0.300. The van der Waals surface area contributed by atoms with Gasteiger partial charge in [0.2, 0.25) is 15.8 Å². The topological polar surface area (TPSA) is 90.0 Å². The normalized spacial score (nSPS) is 14.6. The number of sulfonamides is 1. The van der Waals surface area contributed by atoms with E-state index in [-0.39, 0.29) is 16.2 Å². The van der Waals surface area contributed by atoms with Crippen molar-refractivity contribution in [2.75, 3.05) is 26.8 Å². The van der Waals surface area contributed by atoms with Crippen LogP contribution in [-0.4, -0.2) is 51.3 Å². The number of para-hydroxylation sites is 1. The number of nitrogens with zero attached hydrogens (tertiary/aromatic N) is 1. The second-order valence-electron chi connectivity index (χ2n) is 6.34. The quantitative estimate of drug-likeness (QED) is 0.521. The molecule has 0 bridgehead atoms. The monoisotopic (exact) mass is 403 g/mol. The van der Waals surface area contributed by atoms with Gasteiger partial charge in [-0.05, 0) is 49.2 Å². The molecule has 1 fully saturated rings. The van der Waals surface area contributed by atoms with Gasteiger partial charge in [0.1, 0.15) is 5.75 Å². The Kier molecular flexibility index (Phi) is 6.11. The molecule has 0 saturated carbocycles. The van der Waals surface area contributed by atoms with E-state index in [0.29, 0.717) is 24.4 Å². The highest BCUT2D eigenvalue weighted by Crippen LogP contribution is 2.21. The van der Waals surface area contributed by atoms with Crippen LogP contribution in [0.25, 0.3) is 0 Å². The molecule has 2 aromatic rings. The highest BCUT2D eigenvalue weighted by Gasteiger charge is 2.27. The molecular formula is C20H21NO6S. The van der Waals surface area contributed by atoms with Crippen molar-refractivity contribution in [3.63, 3.8) is 0 Å². The van der Waals surface area contributed by atoms with Crippen LogP contribution in [0.4, 0.5) is 0 Å². The van der Waals surface area contributed by atoms with Crippen LogP contribution in [0, 0.1) is 0 Å². The maximum Gasteiger partial charge on any atom is 0.338 e. The van der Waals surface area contributed by atoms with Gasteiger partial charge in [0.15, 0.2) is 6.61 Å². The molecule has 0 unspecified atom stereocenters. The lowest BCUT2D eigenvalue weighted by molar-refractivity contribution is 0.0474. The first-order valence-corrected chi connectivity index (χ1v) is 10.3. The molecule has 0 aliphatic carbocycles. The van der Waals surface area contributed by atoms with Gasteiger partial charge in [-0.3, -0.25) is 4.79 Å². The molecule has 8 heteroatoms. The molecule has 0 aromatic heterocycles. The van der Waals surface area contributed by atoms with E-state index in [1.807, 2.05) is 0 Å². The third-order valence-electron chi connectivity index (χ3n) is 4.53. The maximum atomic E-state index is 12.5.